The molecule has 1 atom stereocenters. The third-order valence-corrected chi connectivity index (χ3v) is 5.05. The van der Waals surface area contributed by atoms with E-state index >= 15 is 0 Å². The first-order valence-corrected chi connectivity index (χ1v) is 8.34. The quantitative estimate of drug-likeness (QED) is 0.690. The third kappa shape index (κ3) is 5.24. The van der Waals surface area contributed by atoms with Crippen molar-refractivity contribution in [1.29, 1.82) is 0 Å². The summed E-state index contributed by atoms with van der Waals surface area (Å²) in [6.45, 7) is 6.43. The first kappa shape index (κ1) is 16.7. The zero-order valence-corrected chi connectivity index (χ0v) is 13.9. The monoisotopic (exact) mass is 296 g/mol. The second-order valence-corrected chi connectivity index (χ2v) is 7.37. The molecule has 1 saturated heterocycles. The Balaban J connectivity index is 1.73. The van der Waals surface area contributed by atoms with E-state index in [2.05, 4.69) is 29.2 Å². The van der Waals surface area contributed by atoms with Crippen LogP contribution in [-0.4, -0.2) is 67.6 Å². The zero-order chi connectivity index (χ0) is 15.5. The van der Waals surface area contributed by atoms with Gasteiger partial charge in [0.2, 0.25) is 5.91 Å². The second-order valence-electron chi connectivity index (χ2n) is 7.37. The number of rotatable bonds is 8. The van der Waals surface area contributed by atoms with Gasteiger partial charge in [-0.3, -0.25) is 4.79 Å². The van der Waals surface area contributed by atoms with Gasteiger partial charge in [0.1, 0.15) is 0 Å². The molecule has 122 valence electrons. The summed E-state index contributed by atoms with van der Waals surface area (Å²) < 4.78 is 0. The normalized spacial score (nSPS) is 24.2. The van der Waals surface area contributed by atoms with Crippen LogP contribution in [0.5, 0.6) is 0 Å². The van der Waals surface area contributed by atoms with Crippen LogP contribution in [0.25, 0.3) is 0 Å². The lowest BCUT2D eigenvalue weighted by atomic mass is 9.94. The summed E-state index contributed by atoms with van der Waals surface area (Å²) >= 11 is 0. The minimum absolute atomic E-state index is 0.220. The van der Waals surface area contributed by atoms with Gasteiger partial charge < -0.3 is 20.9 Å². The minimum atomic E-state index is -0.553. The van der Waals surface area contributed by atoms with Gasteiger partial charge in [-0.1, -0.05) is 0 Å². The SMILES string of the molecule is CN1CCC(CN(C)CCC(C)(NC2CC2)C(N)=O)CC1. The van der Waals surface area contributed by atoms with E-state index in [0.717, 1.165) is 25.4 Å². The van der Waals surface area contributed by atoms with Crippen LogP contribution in [0.1, 0.15) is 39.0 Å². The highest BCUT2D eigenvalue weighted by Crippen LogP contribution is 2.24. The van der Waals surface area contributed by atoms with E-state index in [-0.39, 0.29) is 5.91 Å². The van der Waals surface area contributed by atoms with Crippen LogP contribution in [0.4, 0.5) is 0 Å². The summed E-state index contributed by atoms with van der Waals surface area (Å²) in [5, 5.41) is 3.42. The summed E-state index contributed by atoms with van der Waals surface area (Å²) in [4.78, 5) is 16.5. The number of carbonyl (C=O) groups excluding carboxylic acids is 1. The van der Waals surface area contributed by atoms with Crippen molar-refractivity contribution in [3.8, 4) is 0 Å². The topological polar surface area (TPSA) is 61.6 Å². The van der Waals surface area contributed by atoms with Gasteiger partial charge in [0.25, 0.3) is 0 Å². The van der Waals surface area contributed by atoms with Crippen molar-refractivity contribution >= 4 is 5.91 Å². The Morgan fingerprint density at radius 3 is 2.48 bits per heavy atom. The smallest absolute Gasteiger partial charge is 0.237 e. The van der Waals surface area contributed by atoms with E-state index in [0.29, 0.717) is 6.04 Å². The molecule has 0 radical (unpaired) electrons. The first-order chi connectivity index (χ1) is 9.89. The predicted molar refractivity (Wildman–Crippen MR) is 86.1 cm³/mol. The number of piperidine rings is 1. The molecular weight excluding hydrogens is 264 g/mol. The number of hydrogen-bond donors (Lipinski definition) is 2. The number of likely N-dealkylation sites (tertiary alicyclic amines) is 1. The predicted octanol–water partition coefficient (Wildman–Crippen LogP) is 0.646. The van der Waals surface area contributed by atoms with Crippen LogP contribution in [-0.2, 0) is 4.79 Å². The van der Waals surface area contributed by atoms with Crippen LogP contribution >= 0.6 is 0 Å². The molecule has 0 aromatic heterocycles. The van der Waals surface area contributed by atoms with E-state index in [4.69, 9.17) is 5.73 Å². The van der Waals surface area contributed by atoms with Gasteiger partial charge in [-0.15, -0.1) is 0 Å². The largest absolute Gasteiger partial charge is 0.368 e. The van der Waals surface area contributed by atoms with Gasteiger partial charge in [-0.25, -0.2) is 0 Å². The Morgan fingerprint density at radius 1 is 1.33 bits per heavy atom. The summed E-state index contributed by atoms with van der Waals surface area (Å²) in [5.41, 5.74) is 5.05. The zero-order valence-electron chi connectivity index (χ0n) is 13.9. The van der Waals surface area contributed by atoms with E-state index in [1.54, 1.807) is 0 Å². The molecule has 0 bridgehead atoms. The van der Waals surface area contributed by atoms with Crippen molar-refractivity contribution < 1.29 is 4.79 Å². The van der Waals surface area contributed by atoms with Crippen LogP contribution in [0.15, 0.2) is 0 Å². The van der Waals surface area contributed by atoms with Crippen molar-refractivity contribution in [2.75, 3.05) is 40.3 Å². The van der Waals surface area contributed by atoms with Crippen molar-refractivity contribution in [3.63, 3.8) is 0 Å². The van der Waals surface area contributed by atoms with Crippen molar-refractivity contribution in [1.82, 2.24) is 15.1 Å². The average Bonchev–Trinajstić information content (AvgIpc) is 3.23. The number of nitrogens with two attached hydrogens (primary N) is 1. The molecule has 2 aliphatic rings. The van der Waals surface area contributed by atoms with Crippen LogP contribution in [0.2, 0.25) is 0 Å². The summed E-state index contributed by atoms with van der Waals surface area (Å²) in [5.74, 6) is 0.574. The van der Waals surface area contributed by atoms with E-state index in [1.807, 2.05) is 6.92 Å². The fourth-order valence-electron chi connectivity index (χ4n) is 3.14. The van der Waals surface area contributed by atoms with Crippen molar-refractivity contribution in [3.05, 3.63) is 0 Å². The first-order valence-electron chi connectivity index (χ1n) is 8.34. The molecule has 3 N–H and O–H groups in total. The molecule has 1 unspecified atom stereocenters. The second kappa shape index (κ2) is 7.07. The maximum atomic E-state index is 11.8. The number of nitrogens with zero attached hydrogens (tertiary/aromatic N) is 2. The average molecular weight is 296 g/mol. The van der Waals surface area contributed by atoms with Crippen molar-refractivity contribution in [2.45, 2.75) is 50.6 Å². The summed E-state index contributed by atoms with van der Waals surface area (Å²) in [7, 11) is 4.36. The lowest BCUT2D eigenvalue weighted by Crippen LogP contribution is -2.55. The Kier molecular flexibility index (Phi) is 5.63. The molecular formula is C16H32N4O. The number of hydrogen-bond acceptors (Lipinski definition) is 4. The molecule has 2 fully saturated rings. The van der Waals surface area contributed by atoms with Gasteiger partial charge in [-0.05, 0) is 72.1 Å². The lowest BCUT2D eigenvalue weighted by molar-refractivity contribution is -0.124. The molecule has 5 nitrogen and oxygen atoms in total. The maximum absolute atomic E-state index is 11.8. The Labute approximate surface area is 129 Å². The minimum Gasteiger partial charge on any atom is -0.368 e. The van der Waals surface area contributed by atoms with Crippen LogP contribution < -0.4 is 11.1 Å². The maximum Gasteiger partial charge on any atom is 0.237 e. The standard InChI is InChI=1S/C16H32N4O/c1-16(15(17)21,18-14-4-5-14)8-11-20(3)12-13-6-9-19(2)10-7-13/h13-14,18H,4-12H2,1-3H3,(H2,17,21). The van der Waals surface area contributed by atoms with Crippen LogP contribution in [0, 0.1) is 5.92 Å². The lowest BCUT2D eigenvalue weighted by Gasteiger charge is -2.33. The highest BCUT2D eigenvalue weighted by atomic mass is 16.1. The van der Waals surface area contributed by atoms with Gasteiger partial charge in [0, 0.05) is 19.1 Å². The molecule has 1 amide bonds. The van der Waals surface area contributed by atoms with Gasteiger partial charge >= 0.3 is 0 Å². The third-order valence-electron chi connectivity index (χ3n) is 5.05. The molecule has 1 heterocycles. The van der Waals surface area contributed by atoms with Crippen LogP contribution in [0.3, 0.4) is 0 Å². The fourth-order valence-corrected chi connectivity index (χ4v) is 3.14. The Hall–Kier alpha value is -0.650. The van der Waals surface area contributed by atoms with Gasteiger partial charge in [0.05, 0.1) is 5.54 Å². The van der Waals surface area contributed by atoms with Gasteiger partial charge in [-0.2, -0.15) is 0 Å². The van der Waals surface area contributed by atoms with E-state index in [1.165, 1.54) is 38.8 Å². The number of nitrogens with one attached hydrogen (secondary N) is 1. The molecule has 0 aromatic carbocycles. The highest BCUT2D eigenvalue weighted by Gasteiger charge is 2.36. The number of primary amides is 1. The van der Waals surface area contributed by atoms with E-state index < -0.39 is 5.54 Å². The van der Waals surface area contributed by atoms with Crippen molar-refractivity contribution in [2.24, 2.45) is 11.7 Å². The Morgan fingerprint density at radius 2 is 1.95 bits per heavy atom. The summed E-state index contributed by atoms with van der Waals surface area (Å²) in [6.07, 6.45) is 5.72. The molecule has 5 heteroatoms. The molecule has 2 rings (SSSR count). The molecule has 0 aromatic rings. The molecule has 21 heavy (non-hydrogen) atoms. The summed E-state index contributed by atoms with van der Waals surface area (Å²) in [6, 6.07) is 0.502. The molecule has 1 saturated carbocycles. The number of carbonyl (C=O) groups is 1. The van der Waals surface area contributed by atoms with Gasteiger partial charge in [0.15, 0.2) is 0 Å². The highest BCUT2D eigenvalue weighted by molar-refractivity contribution is 5.84. The fraction of sp³-hybridized carbons (Fsp3) is 0.938. The number of amides is 1. The molecule has 0 spiro atoms. The molecule has 1 aliphatic carbocycles. The van der Waals surface area contributed by atoms with E-state index in [9.17, 15) is 4.79 Å². The molecule has 1 aliphatic heterocycles. The Bertz CT molecular complexity index is 350.